The molecule has 9 aromatic carbocycles. The first kappa shape index (κ1) is 31.2. The third kappa shape index (κ3) is 5.20. The number of nitrogens with zero attached hydrogens (tertiary/aromatic N) is 1. The third-order valence-electron chi connectivity index (χ3n) is 10.9. The van der Waals surface area contributed by atoms with Crippen molar-refractivity contribution in [1.29, 1.82) is 0 Å². The van der Waals surface area contributed by atoms with Gasteiger partial charge in [0.2, 0.25) is 0 Å². The standard InChI is InChI=1S/C52H33NO2/c1-3-12-35(13-4-1)43-20-10-22-47-45-30-28-39(32-49(45)54-51(43)47)53(38-26-24-37(25-27-38)42-19-9-17-34-16-7-8-18-41(34)42)40-29-31-46-48-23-11-21-44(36-14-5-2-6-15-36)52(48)55-50(46)33-40/h1-33H. The van der Waals surface area contributed by atoms with E-state index in [1.54, 1.807) is 0 Å². The number of hydrogen-bond acceptors (Lipinski definition) is 3. The van der Waals surface area contributed by atoms with Crippen molar-refractivity contribution in [3.63, 3.8) is 0 Å². The Morgan fingerprint density at radius 2 is 0.727 bits per heavy atom. The number of fused-ring (bicyclic) bond motifs is 7. The summed E-state index contributed by atoms with van der Waals surface area (Å²) in [6.07, 6.45) is 0. The van der Waals surface area contributed by atoms with Crippen LogP contribution in [0.1, 0.15) is 0 Å². The Bertz CT molecular complexity index is 3030. The maximum Gasteiger partial charge on any atom is 0.143 e. The molecule has 0 N–H and O–H groups in total. The fourth-order valence-corrected chi connectivity index (χ4v) is 8.26. The van der Waals surface area contributed by atoms with Crippen LogP contribution >= 0.6 is 0 Å². The van der Waals surface area contributed by atoms with Crippen LogP contribution in [0.4, 0.5) is 17.1 Å². The second-order valence-corrected chi connectivity index (χ2v) is 14.1. The molecule has 3 heteroatoms. The highest BCUT2D eigenvalue weighted by atomic mass is 16.3. The molecule has 0 fully saturated rings. The molecule has 0 aliphatic heterocycles. The van der Waals surface area contributed by atoms with Crippen molar-refractivity contribution in [1.82, 2.24) is 0 Å². The lowest BCUT2D eigenvalue weighted by Crippen LogP contribution is -2.09. The fourth-order valence-electron chi connectivity index (χ4n) is 8.26. The van der Waals surface area contributed by atoms with Gasteiger partial charge in [-0.25, -0.2) is 0 Å². The van der Waals surface area contributed by atoms with Gasteiger partial charge < -0.3 is 13.7 Å². The Balaban J connectivity index is 1.08. The maximum atomic E-state index is 6.74. The Morgan fingerprint density at radius 1 is 0.291 bits per heavy atom. The van der Waals surface area contributed by atoms with Gasteiger partial charge in [0.1, 0.15) is 22.3 Å². The molecule has 0 aliphatic rings. The molecule has 2 heterocycles. The van der Waals surface area contributed by atoms with E-state index < -0.39 is 0 Å². The molecular weight excluding hydrogens is 671 g/mol. The minimum atomic E-state index is 0.838. The van der Waals surface area contributed by atoms with Crippen molar-refractivity contribution < 1.29 is 8.83 Å². The van der Waals surface area contributed by atoms with Gasteiger partial charge in [0, 0.05) is 61.9 Å². The van der Waals surface area contributed by atoms with Gasteiger partial charge in [-0.2, -0.15) is 0 Å². The van der Waals surface area contributed by atoms with E-state index in [-0.39, 0.29) is 0 Å². The molecule has 0 radical (unpaired) electrons. The van der Waals surface area contributed by atoms with Gasteiger partial charge in [0.15, 0.2) is 0 Å². The summed E-state index contributed by atoms with van der Waals surface area (Å²) in [4.78, 5) is 2.29. The van der Waals surface area contributed by atoms with E-state index in [0.717, 1.165) is 83.2 Å². The van der Waals surface area contributed by atoms with Crippen LogP contribution in [0.15, 0.2) is 209 Å². The summed E-state index contributed by atoms with van der Waals surface area (Å²) >= 11 is 0. The smallest absolute Gasteiger partial charge is 0.143 e. The molecule has 0 bridgehead atoms. The van der Waals surface area contributed by atoms with Crippen LogP contribution in [0.5, 0.6) is 0 Å². The fraction of sp³-hybridized carbons (Fsp3) is 0. The van der Waals surface area contributed by atoms with Crippen molar-refractivity contribution in [2.24, 2.45) is 0 Å². The number of anilines is 3. The molecule has 11 aromatic rings. The van der Waals surface area contributed by atoms with Crippen LogP contribution in [0, 0.1) is 0 Å². The van der Waals surface area contributed by atoms with E-state index >= 15 is 0 Å². The van der Waals surface area contributed by atoms with Crippen LogP contribution in [0.2, 0.25) is 0 Å². The topological polar surface area (TPSA) is 29.5 Å². The van der Waals surface area contributed by atoms with Gasteiger partial charge in [-0.3, -0.25) is 0 Å². The number of furan rings is 2. The monoisotopic (exact) mass is 703 g/mol. The molecule has 3 nitrogen and oxygen atoms in total. The lowest BCUT2D eigenvalue weighted by molar-refractivity contribution is 0.670. The van der Waals surface area contributed by atoms with E-state index in [4.69, 9.17) is 8.83 Å². The lowest BCUT2D eigenvalue weighted by atomic mass is 9.98. The van der Waals surface area contributed by atoms with Gasteiger partial charge in [-0.05, 0) is 69.4 Å². The predicted octanol–water partition coefficient (Wildman–Crippen LogP) is 15.1. The molecule has 0 unspecified atom stereocenters. The molecule has 0 saturated heterocycles. The van der Waals surface area contributed by atoms with Crippen LogP contribution in [0.3, 0.4) is 0 Å². The van der Waals surface area contributed by atoms with Gasteiger partial charge in [0.05, 0.1) is 0 Å². The summed E-state index contributed by atoms with van der Waals surface area (Å²) in [6, 6.07) is 70.7. The first-order chi connectivity index (χ1) is 27.3. The minimum Gasteiger partial charge on any atom is -0.455 e. The van der Waals surface area contributed by atoms with Crippen LogP contribution in [-0.4, -0.2) is 0 Å². The Hall–Kier alpha value is -7.36. The molecule has 0 atom stereocenters. The maximum absolute atomic E-state index is 6.74. The zero-order valence-corrected chi connectivity index (χ0v) is 29.8. The first-order valence-corrected chi connectivity index (χ1v) is 18.7. The van der Waals surface area contributed by atoms with Gasteiger partial charge in [-0.1, -0.05) is 152 Å². The van der Waals surface area contributed by atoms with E-state index in [1.165, 1.54) is 21.9 Å². The number of rotatable bonds is 6. The molecule has 0 saturated carbocycles. The highest BCUT2D eigenvalue weighted by Gasteiger charge is 2.20. The summed E-state index contributed by atoms with van der Waals surface area (Å²) in [5.74, 6) is 0. The average Bonchev–Trinajstić information content (AvgIpc) is 3.82. The number of hydrogen-bond donors (Lipinski definition) is 0. The van der Waals surface area contributed by atoms with E-state index in [1.807, 2.05) is 12.1 Å². The molecule has 2 aromatic heterocycles. The average molecular weight is 704 g/mol. The summed E-state index contributed by atoms with van der Waals surface area (Å²) in [6.45, 7) is 0. The van der Waals surface area contributed by atoms with Crippen molar-refractivity contribution >= 4 is 71.7 Å². The SMILES string of the molecule is c1ccc(-c2cccc3c2oc2cc(N(c4ccc(-c5cccc6ccccc56)cc4)c4ccc5c(c4)oc4c(-c6ccccc6)cccc45)ccc23)cc1. The quantitative estimate of drug-likeness (QED) is 0.173. The van der Waals surface area contributed by atoms with Crippen molar-refractivity contribution in [3.05, 3.63) is 200 Å². The van der Waals surface area contributed by atoms with Gasteiger partial charge >= 0.3 is 0 Å². The number of benzene rings is 9. The molecule has 258 valence electrons. The second kappa shape index (κ2) is 12.6. The molecule has 11 rings (SSSR count). The highest BCUT2D eigenvalue weighted by molar-refractivity contribution is 6.12. The van der Waals surface area contributed by atoms with Crippen LogP contribution in [0.25, 0.3) is 88.0 Å². The normalized spacial score (nSPS) is 11.6. The molecule has 0 spiro atoms. The molecule has 0 amide bonds. The van der Waals surface area contributed by atoms with Crippen molar-refractivity contribution in [2.75, 3.05) is 4.90 Å². The highest BCUT2D eigenvalue weighted by Crippen LogP contribution is 2.44. The van der Waals surface area contributed by atoms with Crippen LogP contribution < -0.4 is 4.90 Å². The predicted molar refractivity (Wildman–Crippen MR) is 229 cm³/mol. The van der Waals surface area contributed by atoms with E-state index in [0.29, 0.717) is 0 Å². The van der Waals surface area contributed by atoms with Crippen LogP contribution in [-0.2, 0) is 0 Å². The summed E-state index contributed by atoms with van der Waals surface area (Å²) in [5.41, 5.74) is 13.3. The van der Waals surface area contributed by atoms with Gasteiger partial charge in [-0.15, -0.1) is 0 Å². The Kier molecular flexibility index (Phi) is 7.17. The zero-order chi connectivity index (χ0) is 36.3. The lowest BCUT2D eigenvalue weighted by Gasteiger charge is -2.25. The zero-order valence-electron chi connectivity index (χ0n) is 29.8. The van der Waals surface area contributed by atoms with E-state index in [2.05, 4.69) is 193 Å². The van der Waals surface area contributed by atoms with Crippen molar-refractivity contribution in [3.8, 4) is 33.4 Å². The Morgan fingerprint density at radius 3 is 1.31 bits per heavy atom. The molecule has 0 aliphatic carbocycles. The summed E-state index contributed by atoms with van der Waals surface area (Å²) < 4.78 is 13.5. The summed E-state index contributed by atoms with van der Waals surface area (Å²) in [5, 5.41) is 6.85. The van der Waals surface area contributed by atoms with E-state index in [9.17, 15) is 0 Å². The second-order valence-electron chi connectivity index (χ2n) is 14.1. The Labute approximate surface area is 317 Å². The largest absolute Gasteiger partial charge is 0.455 e. The number of para-hydroxylation sites is 2. The summed E-state index contributed by atoms with van der Waals surface area (Å²) in [7, 11) is 0. The molecular formula is C52H33NO2. The van der Waals surface area contributed by atoms with Gasteiger partial charge in [0.25, 0.3) is 0 Å². The first-order valence-electron chi connectivity index (χ1n) is 18.7. The minimum absolute atomic E-state index is 0.838. The molecule has 55 heavy (non-hydrogen) atoms. The van der Waals surface area contributed by atoms with Crippen molar-refractivity contribution in [2.45, 2.75) is 0 Å². The third-order valence-corrected chi connectivity index (χ3v) is 10.9.